The first kappa shape index (κ1) is 21.0. The number of benzene rings is 3. The SMILES string of the molecule is O=C(O)C(Cc1c[nH]c2ccccc12)NCc1ccc(OCc2ccccc2Cl)cc1. The van der Waals surface area contributed by atoms with Gasteiger partial charge in [-0.1, -0.05) is 60.1 Å². The number of carboxylic acid groups (broad SMARTS) is 1. The van der Waals surface area contributed by atoms with Crippen molar-refractivity contribution in [2.24, 2.45) is 0 Å². The smallest absolute Gasteiger partial charge is 0.321 e. The van der Waals surface area contributed by atoms with Crippen LogP contribution < -0.4 is 10.1 Å². The van der Waals surface area contributed by atoms with Crippen molar-refractivity contribution in [1.29, 1.82) is 0 Å². The van der Waals surface area contributed by atoms with E-state index in [1.54, 1.807) is 0 Å². The summed E-state index contributed by atoms with van der Waals surface area (Å²) in [6, 6.07) is 22.4. The van der Waals surface area contributed by atoms with Crippen molar-refractivity contribution in [3.63, 3.8) is 0 Å². The Balaban J connectivity index is 1.34. The van der Waals surface area contributed by atoms with Crippen molar-refractivity contribution in [1.82, 2.24) is 10.3 Å². The van der Waals surface area contributed by atoms with Crippen LogP contribution in [-0.4, -0.2) is 22.1 Å². The highest BCUT2D eigenvalue weighted by atomic mass is 35.5. The first-order valence-corrected chi connectivity index (χ1v) is 10.4. The molecule has 3 aromatic carbocycles. The Hall–Kier alpha value is -3.28. The third-order valence-corrected chi connectivity index (χ3v) is 5.59. The van der Waals surface area contributed by atoms with Gasteiger partial charge in [0.1, 0.15) is 18.4 Å². The lowest BCUT2D eigenvalue weighted by Gasteiger charge is -2.15. The van der Waals surface area contributed by atoms with Gasteiger partial charge in [-0.15, -0.1) is 0 Å². The summed E-state index contributed by atoms with van der Waals surface area (Å²) in [6.07, 6.45) is 2.28. The first-order chi connectivity index (χ1) is 15.1. The fraction of sp³-hybridized carbons (Fsp3) is 0.160. The molecule has 0 saturated heterocycles. The fourth-order valence-electron chi connectivity index (χ4n) is 3.49. The number of hydrogen-bond donors (Lipinski definition) is 3. The topological polar surface area (TPSA) is 74.3 Å². The van der Waals surface area contributed by atoms with E-state index in [2.05, 4.69) is 10.3 Å². The third kappa shape index (κ3) is 5.26. The molecule has 0 saturated carbocycles. The molecule has 4 rings (SSSR count). The van der Waals surface area contributed by atoms with Crippen molar-refractivity contribution in [3.8, 4) is 5.75 Å². The number of para-hydroxylation sites is 1. The molecule has 0 amide bonds. The molecule has 6 heteroatoms. The summed E-state index contributed by atoms with van der Waals surface area (Å²) in [6.45, 7) is 0.840. The van der Waals surface area contributed by atoms with Crippen molar-refractivity contribution in [3.05, 3.63) is 101 Å². The van der Waals surface area contributed by atoms with Gasteiger partial charge in [-0.2, -0.15) is 0 Å². The average molecular weight is 435 g/mol. The van der Waals surface area contributed by atoms with Gasteiger partial charge in [0.05, 0.1) is 0 Å². The van der Waals surface area contributed by atoms with Crippen molar-refractivity contribution < 1.29 is 14.6 Å². The summed E-state index contributed by atoms with van der Waals surface area (Å²) in [5, 5.41) is 14.5. The summed E-state index contributed by atoms with van der Waals surface area (Å²) in [5.41, 5.74) is 3.90. The zero-order valence-corrected chi connectivity index (χ0v) is 17.6. The van der Waals surface area contributed by atoms with E-state index in [1.165, 1.54) is 0 Å². The largest absolute Gasteiger partial charge is 0.489 e. The molecule has 31 heavy (non-hydrogen) atoms. The highest BCUT2D eigenvalue weighted by Crippen LogP contribution is 2.21. The Labute approximate surface area is 185 Å². The van der Waals surface area contributed by atoms with E-state index in [-0.39, 0.29) is 0 Å². The molecule has 0 aliphatic carbocycles. The van der Waals surface area contributed by atoms with E-state index in [4.69, 9.17) is 16.3 Å². The van der Waals surface area contributed by atoms with Gasteiger partial charge in [0.15, 0.2) is 0 Å². The number of carboxylic acids is 1. The number of ether oxygens (including phenoxy) is 1. The standard InChI is InChI=1S/C25H23ClN2O3/c26-22-7-3-1-5-18(22)16-31-20-11-9-17(10-12-20)14-27-24(25(29)30)13-19-15-28-23-8-4-2-6-21(19)23/h1-12,15,24,27-28H,13-14,16H2,(H,29,30). The van der Waals surface area contributed by atoms with Crippen molar-refractivity contribution in [2.75, 3.05) is 0 Å². The molecular formula is C25H23ClN2O3. The number of carbonyl (C=O) groups is 1. The van der Waals surface area contributed by atoms with E-state index >= 15 is 0 Å². The quantitative estimate of drug-likeness (QED) is 0.339. The number of aromatic nitrogens is 1. The van der Waals surface area contributed by atoms with Gasteiger partial charge >= 0.3 is 5.97 Å². The average Bonchev–Trinajstić information content (AvgIpc) is 3.19. The molecule has 5 nitrogen and oxygen atoms in total. The van der Waals surface area contributed by atoms with Gasteiger partial charge in [-0.25, -0.2) is 0 Å². The Morgan fingerprint density at radius 1 is 1.00 bits per heavy atom. The lowest BCUT2D eigenvalue weighted by atomic mass is 10.0. The maximum Gasteiger partial charge on any atom is 0.321 e. The van der Waals surface area contributed by atoms with E-state index in [0.717, 1.165) is 33.3 Å². The summed E-state index contributed by atoms with van der Waals surface area (Å²) in [7, 11) is 0. The molecule has 1 aromatic heterocycles. The van der Waals surface area contributed by atoms with E-state index < -0.39 is 12.0 Å². The molecule has 0 fully saturated rings. The number of nitrogens with one attached hydrogen (secondary N) is 2. The second-order valence-electron chi connectivity index (χ2n) is 7.36. The Morgan fingerprint density at radius 3 is 2.52 bits per heavy atom. The molecular weight excluding hydrogens is 412 g/mol. The van der Waals surface area contributed by atoms with Crippen LogP contribution in [0.4, 0.5) is 0 Å². The maximum absolute atomic E-state index is 11.8. The Bertz CT molecular complexity index is 1170. The van der Waals surface area contributed by atoms with Gasteiger partial charge < -0.3 is 20.1 Å². The minimum Gasteiger partial charge on any atom is -0.489 e. The molecule has 0 bridgehead atoms. The summed E-state index contributed by atoms with van der Waals surface area (Å²) < 4.78 is 5.80. The van der Waals surface area contributed by atoms with Crippen LogP contribution in [0.1, 0.15) is 16.7 Å². The Kier molecular flexibility index (Phi) is 6.55. The minimum atomic E-state index is -0.870. The molecule has 3 N–H and O–H groups in total. The second kappa shape index (κ2) is 9.69. The molecule has 0 radical (unpaired) electrons. The summed E-state index contributed by atoms with van der Waals surface area (Å²) in [4.78, 5) is 15.0. The van der Waals surface area contributed by atoms with E-state index in [1.807, 2.05) is 79.0 Å². The lowest BCUT2D eigenvalue weighted by Crippen LogP contribution is -2.38. The first-order valence-electron chi connectivity index (χ1n) is 10.1. The minimum absolute atomic E-state index is 0.392. The number of halogens is 1. The van der Waals surface area contributed by atoms with Crippen molar-refractivity contribution >= 4 is 28.5 Å². The molecule has 4 aromatic rings. The van der Waals surface area contributed by atoms with Gasteiger partial charge in [-0.05, 0) is 35.4 Å². The van der Waals surface area contributed by atoms with Crippen LogP contribution in [0.5, 0.6) is 5.75 Å². The molecule has 0 spiro atoms. The number of aromatic amines is 1. The molecule has 0 aliphatic rings. The molecule has 0 aliphatic heterocycles. The van der Waals surface area contributed by atoms with Gasteiger partial charge in [0.25, 0.3) is 0 Å². The molecule has 158 valence electrons. The Morgan fingerprint density at radius 2 is 1.74 bits per heavy atom. The normalized spacial score (nSPS) is 12.0. The number of aliphatic carboxylic acids is 1. The van der Waals surface area contributed by atoms with Crippen LogP contribution in [-0.2, 0) is 24.4 Å². The third-order valence-electron chi connectivity index (χ3n) is 5.23. The second-order valence-corrected chi connectivity index (χ2v) is 7.77. The number of rotatable bonds is 9. The predicted octanol–water partition coefficient (Wildman–Crippen LogP) is 5.19. The summed E-state index contributed by atoms with van der Waals surface area (Å²) in [5.74, 6) is -0.137. The highest BCUT2D eigenvalue weighted by Gasteiger charge is 2.19. The van der Waals surface area contributed by atoms with E-state index in [0.29, 0.717) is 24.6 Å². The van der Waals surface area contributed by atoms with Gasteiger partial charge in [0, 0.05) is 40.7 Å². The van der Waals surface area contributed by atoms with Crippen LogP contribution in [0.3, 0.4) is 0 Å². The van der Waals surface area contributed by atoms with Crippen LogP contribution in [0, 0.1) is 0 Å². The fourth-order valence-corrected chi connectivity index (χ4v) is 3.68. The predicted molar refractivity (Wildman–Crippen MR) is 122 cm³/mol. The number of hydrogen-bond acceptors (Lipinski definition) is 3. The number of fused-ring (bicyclic) bond motifs is 1. The van der Waals surface area contributed by atoms with Crippen LogP contribution in [0.15, 0.2) is 79.0 Å². The lowest BCUT2D eigenvalue weighted by molar-refractivity contribution is -0.139. The summed E-state index contributed by atoms with van der Waals surface area (Å²) >= 11 is 6.16. The zero-order chi connectivity index (χ0) is 21.6. The van der Waals surface area contributed by atoms with Crippen LogP contribution in [0.25, 0.3) is 10.9 Å². The maximum atomic E-state index is 11.8. The van der Waals surface area contributed by atoms with E-state index in [9.17, 15) is 9.90 Å². The monoisotopic (exact) mass is 434 g/mol. The molecule has 1 unspecified atom stereocenters. The van der Waals surface area contributed by atoms with Gasteiger partial charge in [0.2, 0.25) is 0 Å². The van der Waals surface area contributed by atoms with Gasteiger partial charge in [-0.3, -0.25) is 4.79 Å². The van der Waals surface area contributed by atoms with Crippen LogP contribution >= 0.6 is 11.6 Å². The highest BCUT2D eigenvalue weighted by molar-refractivity contribution is 6.31. The van der Waals surface area contributed by atoms with Crippen LogP contribution in [0.2, 0.25) is 5.02 Å². The van der Waals surface area contributed by atoms with Crippen molar-refractivity contribution in [2.45, 2.75) is 25.6 Å². The molecule has 1 atom stereocenters. The molecule has 1 heterocycles. The number of H-pyrrole nitrogens is 1. The zero-order valence-electron chi connectivity index (χ0n) is 16.8.